The van der Waals surface area contributed by atoms with E-state index in [1.54, 1.807) is 0 Å². The first-order valence-electron chi connectivity index (χ1n) is 12.1. The first-order valence-corrected chi connectivity index (χ1v) is 12.4. The first-order chi connectivity index (χ1) is 16.2. The van der Waals surface area contributed by atoms with Gasteiger partial charge in [0.1, 0.15) is 11.6 Å². The topological polar surface area (TPSA) is 66.2 Å². The van der Waals surface area contributed by atoms with E-state index in [0.717, 1.165) is 61.9 Å². The number of oxazole rings is 1. The molecule has 2 aliphatic rings. The van der Waals surface area contributed by atoms with Gasteiger partial charge in [-0.05, 0) is 87.9 Å². The third-order valence-electron chi connectivity index (χ3n) is 6.85. The average molecular weight is 466 g/mol. The fourth-order valence-electron chi connectivity index (χ4n) is 4.91. The molecule has 5 rings (SSSR count). The van der Waals surface area contributed by atoms with Crippen LogP contribution in [0.1, 0.15) is 37.1 Å². The van der Waals surface area contributed by atoms with Crippen LogP contribution in [-0.2, 0) is 6.42 Å². The zero-order valence-corrected chi connectivity index (χ0v) is 19.9. The van der Waals surface area contributed by atoms with Gasteiger partial charge in [0.2, 0.25) is 5.89 Å². The summed E-state index contributed by atoms with van der Waals surface area (Å²) in [6.45, 7) is 6.24. The Hall–Kier alpha value is -2.57. The minimum atomic E-state index is 0.342. The number of nitrogens with zero attached hydrogens (tertiary/aromatic N) is 3. The van der Waals surface area contributed by atoms with Crippen molar-refractivity contribution in [1.82, 2.24) is 15.3 Å². The lowest BCUT2D eigenvalue weighted by atomic mass is 9.89. The van der Waals surface area contributed by atoms with Crippen molar-refractivity contribution in [3.05, 3.63) is 59.1 Å². The Morgan fingerprint density at radius 3 is 2.70 bits per heavy atom. The highest BCUT2D eigenvalue weighted by Crippen LogP contribution is 2.27. The maximum Gasteiger partial charge on any atom is 0.226 e. The molecule has 0 aliphatic carbocycles. The van der Waals surface area contributed by atoms with Gasteiger partial charge in [-0.2, -0.15) is 0 Å². The molecule has 2 atom stereocenters. The first kappa shape index (κ1) is 22.2. The molecular formula is C26H32ClN5O. The molecule has 0 spiro atoms. The van der Waals surface area contributed by atoms with E-state index in [0.29, 0.717) is 22.9 Å². The van der Waals surface area contributed by atoms with Gasteiger partial charge in [0.15, 0.2) is 0 Å². The number of aromatic nitrogens is 2. The number of nitrogens with one attached hydrogen (secondary N) is 2. The van der Waals surface area contributed by atoms with Crippen LogP contribution in [0.15, 0.2) is 47.0 Å². The van der Waals surface area contributed by atoms with Crippen LogP contribution < -0.4 is 15.5 Å². The van der Waals surface area contributed by atoms with E-state index in [9.17, 15) is 0 Å². The summed E-state index contributed by atoms with van der Waals surface area (Å²) in [6.07, 6.45) is 7.83. The molecule has 6 nitrogen and oxygen atoms in total. The van der Waals surface area contributed by atoms with Crippen LogP contribution in [0.2, 0.25) is 5.02 Å². The Balaban J connectivity index is 1.26. The maximum absolute atomic E-state index is 6.02. The molecule has 0 saturated carbocycles. The highest BCUT2D eigenvalue weighted by Gasteiger charge is 2.27. The van der Waals surface area contributed by atoms with E-state index in [1.165, 1.54) is 24.9 Å². The van der Waals surface area contributed by atoms with E-state index < -0.39 is 0 Å². The van der Waals surface area contributed by atoms with E-state index >= 15 is 0 Å². The van der Waals surface area contributed by atoms with Gasteiger partial charge in [-0.25, -0.2) is 9.97 Å². The minimum Gasteiger partial charge on any atom is -0.441 e. The molecule has 2 unspecified atom stereocenters. The highest BCUT2D eigenvalue weighted by molar-refractivity contribution is 6.30. The number of piperidine rings is 2. The Kier molecular flexibility index (Phi) is 6.83. The summed E-state index contributed by atoms with van der Waals surface area (Å²) in [5.41, 5.74) is 3.20. The summed E-state index contributed by atoms with van der Waals surface area (Å²) in [5, 5.41) is 7.96. The van der Waals surface area contributed by atoms with Gasteiger partial charge >= 0.3 is 0 Å². The van der Waals surface area contributed by atoms with Gasteiger partial charge in [-0.1, -0.05) is 11.6 Å². The molecular weight excluding hydrogens is 434 g/mol. The maximum atomic E-state index is 6.02. The predicted octanol–water partition coefficient (Wildman–Crippen LogP) is 5.32. The monoisotopic (exact) mass is 465 g/mol. The summed E-state index contributed by atoms with van der Waals surface area (Å²) in [5.74, 6) is 2.89. The number of hydrogen-bond donors (Lipinski definition) is 2. The summed E-state index contributed by atoms with van der Waals surface area (Å²) in [4.78, 5) is 12.0. The van der Waals surface area contributed by atoms with Crippen molar-refractivity contribution in [1.29, 1.82) is 0 Å². The van der Waals surface area contributed by atoms with E-state index in [4.69, 9.17) is 26.0 Å². The number of rotatable bonds is 6. The van der Waals surface area contributed by atoms with Crippen LogP contribution in [0.5, 0.6) is 0 Å². The van der Waals surface area contributed by atoms with Gasteiger partial charge < -0.3 is 20.0 Å². The molecule has 0 bridgehead atoms. The van der Waals surface area contributed by atoms with Crippen molar-refractivity contribution in [2.24, 2.45) is 5.92 Å². The molecule has 7 heteroatoms. The van der Waals surface area contributed by atoms with Gasteiger partial charge in [0, 0.05) is 36.3 Å². The quantitative estimate of drug-likeness (QED) is 0.513. The molecule has 33 heavy (non-hydrogen) atoms. The van der Waals surface area contributed by atoms with Crippen LogP contribution in [0.3, 0.4) is 0 Å². The van der Waals surface area contributed by atoms with Crippen molar-refractivity contribution in [2.75, 3.05) is 36.4 Å². The smallest absolute Gasteiger partial charge is 0.226 e. The molecule has 2 N–H and O–H groups in total. The molecule has 4 heterocycles. The molecule has 2 aromatic heterocycles. The van der Waals surface area contributed by atoms with Crippen molar-refractivity contribution in [3.8, 4) is 11.5 Å². The summed E-state index contributed by atoms with van der Waals surface area (Å²) in [6, 6.07) is 12.3. The molecule has 0 amide bonds. The molecule has 2 saturated heterocycles. The molecule has 174 valence electrons. The van der Waals surface area contributed by atoms with Crippen molar-refractivity contribution >= 4 is 23.1 Å². The second-order valence-corrected chi connectivity index (χ2v) is 9.62. The van der Waals surface area contributed by atoms with Gasteiger partial charge in [0.05, 0.1) is 17.6 Å². The van der Waals surface area contributed by atoms with Crippen LogP contribution >= 0.6 is 11.6 Å². The van der Waals surface area contributed by atoms with Crippen LogP contribution in [0, 0.1) is 12.8 Å². The number of anilines is 2. The number of aryl methyl sites for hydroxylation is 1. The third kappa shape index (κ3) is 5.33. The number of halogens is 1. The Morgan fingerprint density at radius 1 is 1.12 bits per heavy atom. The van der Waals surface area contributed by atoms with Crippen molar-refractivity contribution in [3.63, 3.8) is 0 Å². The lowest BCUT2D eigenvalue weighted by Crippen LogP contribution is -2.45. The van der Waals surface area contributed by atoms with Crippen LogP contribution in [0.25, 0.3) is 11.5 Å². The van der Waals surface area contributed by atoms with Gasteiger partial charge in [-0.15, -0.1) is 0 Å². The lowest BCUT2D eigenvalue weighted by Gasteiger charge is -2.33. The Morgan fingerprint density at radius 2 is 1.94 bits per heavy atom. The predicted molar refractivity (Wildman–Crippen MR) is 134 cm³/mol. The second-order valence-electron chi connectivity index (χ2n) is 9.19. The summed E-state index contributed by atoms with van der Waals surface area (Å²) in [7, 11) is 0. The van der Waals surface area contributed by atoms with E-state index in [2.05, 4.69) is 27.7 Å². The molecule has 0 radical (unpaired) electrons. The fraction of sp³-hybridized carbons (Fsp3) is 0.462. The number of pyridine rings is 1. The van der Waals surface area contributed by atoms with Gasteiger partial charge in [-0.3, -0.25) is 0 Å². The Labute approximate surface area is 200 Å². The zero-order chi connectivity index (χ0) is 22.6. The third-order valence-corrected chi connectivity index (χ3v) is 7.10. The number of benzene rings is 1. The lowest BCUT2D eigenvalue weighted by molar-refractivity contribution is 0.338. The van der Waals surface area contributed by atoms with Crippen molar-refractivity contribution < 1.29 is 4.42 Å². The van der Waals surface area contributed by atoms with Gasteiger partial charge in [0.25, 0.3) is 0 Å². The molecule has 2 fully saturated rings. The molecule has 1 aromatic carbocycles. The largest absolute Gasteiger partial charge is 0.441 e. The standard InChI is InChI=1S/C26H32ClN5O/c1-18-24(31-26(33-18)19-5-7-21(27)8-6-19)15-20-16-28-12-11-23(20)30-25-10-9-22(17-29-25)32-13-3-2-4-14-32/h5-10,17,20,23,28H,2-4,11-16H2,1H3,(H,29,30). The van der Waals surface area contributed by atoms with Crippen LogP contribution in [-0.4, -0.2) is 42.2 Å². The molecule has 3 aromatic rings. The normalized spacial score (nSPS) is 21.2. The SMILES string of the molecule is Cc1oc(-c2ccc(Cl)cc2)nc1CC1CNCCC1Nc1ccc(N2CCCCC2)cn1. The minimum absolute atomic E-state index is 0.342. The molecule has 2 aliphatic heterocycles. The van der Waals surface area contributed by atoms with Crippen molar-refractivity contribution in [2.45, 2.75) is 45.1 Å². The van der Waals surface area contributed by atoms with E-state index in [-0.39, 0.29) is 0 Å². The van der Waals surface area contributed by atoms with E-state index in [1.807, 2.05) is 37.4 Å². The summed E-state index contributed by atoms with van der Waals surface area (Å²) < 4.78 is 5.99. The fourth-order valence-corrected chi connectivity index (χ4v) is 5.04. The summed E-state index contributed by atoms with van der Waals surface area (Å²) >= 11 is 6.02. The number of hydrogen-bond acceptors (Lipinski definition) is 6. The Bertz CT molecular complexity index is 1040. The average Bonchev–Trinajstić information content (AvgIpc) is 3.22. The highest BCUT2D eigenvalue weighted by atomic mass is 35.5. The second kappa shape index (κ2) is 10.1. The van der Waals surface area contributed by atoms with Crippen LogP contribution in [0.4, 0.5) is 11.5 Å². The zero-order valence-electron chi connectivity index (χ0n) is 19.2.